The first-order valence-corrected chi connectivity index (χ1v) is 13.1. The van der Waals surface area contributed by atoms with Crippen molar-refractivity contribution in [1.82, 2.24) is 14.9 Å². The number of anilines is 1. The van der Waals surface area contributed by atoms with E-state index in [4.69, 9.17) is 24.1 Å². The molecular formula is C24H31N5O6S. The minimum Gasteiger partial charge on any atom is -0.496 e. The van der Waals surface area contributed by atoms with Crippen molar-refractivity contribution in [2.45, 2.75) is 17.9 Å². The lowest BCUT2D eigenvalue weighted by Crippen LogP contribution is -2.37. The monoisotopic (exact) mass is 517 g/mol. The van der Waals surface area contributed by atoms with Crippen LogP contribution in [0.2, 0.25) is 0 Å². The summed E-state index contributed by atoms with van der Waals surface area (Å²) < 4.78 is 46.0. The van der Waals surface area contributed by atoms with Gasteiger partial charge in [-0.25, -0.2) is 23.5 Å². The molecule has 194 valence electrons. The first kappa shape index (κ1) is 25.9. The van der Waals surface area contributed by atoms with Crippen molar-refractivity contribution in [2.24, 2.45) is 5.14 Å². The quantitative estimate of drug-likeness (QED) is 0.363. The van der Waals surface area contributed by atoms with Gasteiger partial charge in [-0.15, -0.1) is 0 Å². The summed E-state index contributed by atoms with van der Waals surface area (Å²) >= 11 is 0. The third-order valence-electron chi connectivity index (χ3n) is 5.93. The van der Waals surface area contributed by atoms with Crippen LogP contribution >= 0.6 is 0 Å². The number of hydrogen-bond donors (Lipinski definition) is 2. The van der Waals surface area contributed by atoms with Crippen molar-refractivity contribution in [2.75, 3.05) is 59.0 Å². The average molecular weight is 518 g/mol. The number of morpholine rings is 1. The first-order valence-electron chi connectivity index (χ1n) is 11.6. The molecule has 1 saturated heterocycles. The Hall–Kier alpha value is -3.19. The normalized spacial score (nSPS) is 14.5. The van der Waals surface area contributed by atoms with Crippen molar-refractivity contribution in [3.05, 3.63) is 42.2 Å². The second-order valence-corrected chi connectivity index (χ2v) is 9.83. The summed E-state index contributed by atoms with van der Waals surface area (Å²) in [4.78, 5) is 11.1. The topological polar surface area (TPSA) is 138 Å². The van der Waals surface area contributed by atoms with Crippen LogP contribution < -0.4 is 24.7 Å². The number of nitrogens with two attached hydrogens (primary N) is 1. The van der Waals surface area contributed by atoms with E-state index in [1.807, 2.05) is 12.1 Å². The van der Waals surface area contributed by atoms with Crippen LogP contribution in [0.1, 0.15) is 12.0 Å². The minimum atomic E-state index is -3.85. The summed E-state index contributed by atoms with van der Waals surface area (Å²) in [5.41, 5.74) is 1.29. The molecule has 0 atom stereocenters. The highest BCUT2D eigenvalue weighted by atomic mass is 32.2. The van der Waals surface area contributed by atoms with Gasteiger partial charge in [-0.1, -0.05) is 0 Å². The summed E-state index contributed by atoms with van der Waals surface area (Å²) in [5.74, 6) is 2.27. The lowest BCUT2D eigenvalue weighted by atomic mass is 10.1. The van der Waals surface area contributed by atoms with Crippen LogP contribution in [0.15, 0.2) is 41.6 Å². The van der Waals surface area contributed by atoms with E-state index in [0.29, 0.717) is 40.8 Å². The maximum atomic E-state index is 11.8. The third-order valence-corrected chi connectivity index (χ3v) is 6.84. The van der Waals surface area contributed by atoms with Gasteiger partial charge in [0.2, 0.25) is 10.0 Å². The molecule has 0 amide bonds. The van der Waals surface area contributed by atoms with Crippen LogP contribution in [0.5, 0.6) is 17.2 Å². The second-order valence-electron chi connectivity index (χ2n) is 8.27. The van der Waals surface area contributed by atoms with E-state index in [2.05, 4.69) is 20.2 Å². The van der Waals surface area contributed by atoms with Gasteiger partial charge in [0.25, 0.3) is 0 Å². The number of aromatic nitrogens is 2. The van der Waals surface area contributed by atoms with E-state index in [9.17, 15) is 8.42 Å². The van der Waals surface area contributed by atoms with Crippen LogP contribution in [0.4, 0.5) is 5.82 Å². The summed E-state index contributed by atoms with van der Waals surface area (Å²) in [5, 5.41) is 9.28. The SMILES string of the molecule is COc1ccc(S(N)(=O)=O)cc1CNc1ncnc2cc(OC)c(OCCCN3CCOCC3)cc12. The second kappa shape index (κ2) is 11.7. The fourth-order valence-corrected chi connectivity index (χ4v) is 4.59. The van der Waals surface area contributed by atoms with Crippen LogP contribution in [-0.2, 0) is 21.3 Å². The Bertz CT molecular complexity index is 1300. The van der Waals surface area contributed by atoms with Crippen LogP contribution in [0.3, 0.4) is 0 Å². The molecule has 0 saturated carbocycles. The lowest BCUT2D eigenvalue weighted by molar-refractivity contribution is 0.0357. The molecule has 3 N–H and O–H groups in total. The van der Waals surface area contributed by atoms with Gasteiger partial charge >= 0.3 is 0 Å². The number of hydrogen-bond acceptors (Lipinski definition) is 10. The highest BCUT2D eigenvalue weighted by Gasteiger charge is 2.15. The van der Waals surface area contributed by atoms with Gasteiger partial charge in [0.05, 0.1) is 44.5 Å². The molecule has 3 aromatic rings. The van der Waals surface area contributed by atoms with Crippen molar-refractivity contribution in [1.29, 1.82) is 0 Å². The molecule has 12 heteroatoms. The summed E-state index contributed by atoms with van der Waals surface area (Å²) in [7, 11) is -0.740. The molecule has 1 aromatic heterocycles. The molecule has 4 rings (SSSR count). The molecule has 0 bridgehead atoms. The Balaban J connectivity index is 1.51. The number of ether oxygens (including phenoxy) is 4. The predicted octanol–water partition coefficient (Wildman–Crippen LogP) is 2.01. The number of methoxy groups -OCH3 is 2. The van der Waals surface area contributed by atoms with E-state index >= 15 is 0 Å². The van der Waals surface area contributed by atoms with E-state index in [1.165, 1.54) is 25.6 Å². The lowest BCUT2D eigenvalue weighted by Gasteiger charge is -2.26. The minimum absolute atomic E-state index is 0.00477. The van der Waals surface area contributed by atoms with E-state index < -0.39 is 10.0 Å². The van der Waals surface area contributed by atoms with E-state index in [-0.39, 0.29) is 11.4 Å². The van der Waals surface area contributed by atoms with Crippen molar-refractivity contribution in [3.8, 4) is 17.2 Å². The van der Waals surface area contributed by atoms with Crippen LogP contribution in [0, 0.1) is 0 Å². The maximum absolute atomic E-state index is 11.8. The summed E-state index contributed by atoms with van der Waals surface area (Å²) in [6.07, 6.45) is 2.32. The van der Waals surface area contributed by atoms with Gasteiger partial charge < -0.3 is 24.3 Å². The molecule has 0 aliphatic carbocycles. The molecule has 1 aliphatic heterocycles. The van der Waals surface area contributed by atoms with Crippen molar-refractivity contribution in [3.63, 3.8) is 0 Å². The molecule has 1 fully saturated rings. The Kier molecular flexibility index (Phi) is 8.41. The zero-order valence-electron chi connectivity index (χ0n) is 20.4. The fraction of sp³-hybridized carbons (Fsp3) is 0.417. The van der Waals surface area contributed by atoms with Gasteiger partial charge in [0, 0.05) is 43.2 Å². The van der Waals surface area contributed by atoms with E-state index in [0.717, 1.165) is 44.7 Å². The summed E-state index contributed by atoms with van der Waals surface area (Å²) in [6, 6.07) is 8.12. The maximum Gasteiger partial charge on any atom is 0.238 e. The van der Waals surface area contributed by atoms with Crippen molar-refractivity contribution < 1.29 is 27.4 Å². The van der Waals surface area contributed by atoms with Crippen LogP contribution in [-0.4, -0.2) is 77.0 Å². The average Bonchev–Trinajstić information content (AvgIpc) is 2.89. The molecule has 11 nitrogen and oxygen atoms in total. The molecular weight excluding hydrogens is 486 g/mol. The smallest absolute Gasteiger partial charge is 0.238 e. The number of nitrogens with zero attached hydrogens (tertiary/aromatic N) is 3. The Morgan fingerprint density at radius 3 is 2.56 bits per heavy atom. The highest BCUT2D eigenvalue weighted by molar-refractivity contribution is 7.89. The molecule has 0 spiro atoms. The Morgan fingerprint density at radius 2 is 1.83 bits per heavy atom. The zero-order chi connectivity index (χ0) is 25.5. The third kappa shape index (κ3) is 6.32. The molecule has 1 aliphatic rings. The first-order chi connectivity index (χ1) is 17.4. The largest absolute Gasteiger partial charge is 0.496 e. The standard InChI is InChI=1S/C24H31N5O6S/c1-32-21-5-4-18(36(25,30)31)12-17(21)15-26-24-19-13-23(22(33-2)14-20(19)27-16-28-24)35-9-3-6-29-7-10-34-11-8-29/h4-5,12-14,16H,3,6-11,15H2,1-2H3,(H2,25,30,31)(H,26,27,28). The summed E-state index contributed by atoms with van der Waals surface area (Å²) in [6.45, 7) is 5.15. The Labute approximate surface area is 210 Å². The number of rotatable bonds is 11. The van der Waals surface area contributed by atoms with Gasteiger partial charge in [-0.3, -0.25) is 4.90 Å². The number of nitrogens with one attached hydrogen (secondary N) is 1. The number of primary sulfonamides is 1. The Morgan fingerprint density at radius 1 is 1.06 bits per heavy atom. The van der Waals surface area contributed by atoms with Crippen molar-refractivity contribution >= 4 is 26.7 Å². The zero-order valence-corrected chi connectivity index (χ0v) is 21.2. The number of sulfonamides is 1. The molecule has 0 radical (unpaired) electrons. The highest BCUT2D eigenvalue weighted by Crippen LogP contribution is 2.34. The molecule has 2 heterocycles. The number of fused-ring (bicyclic) bond motifs is 1. The molecule has 2 aromatic carbocycles. The van der Waals surface area contributed by atoms with Gasteiger partial charge in [0.15, 0.2) is 11.5 Å². The van der Waals surface area contributed by atoms with E-state index in [1.54, 1.807) is 13.2 Å². The van der Waals surface area contributed by atoms with Gasteiger partial charge in [-0.05, 0) is 30.7 Å². The molecule has 36 heavy (non-hydrogen) atoms. The fourth-order valence-electron chi connectivity index (χ4n) is 4.02. The molecule has 0 unspecified atom stereocenters. The predicted molar refractivity (Wildman–Crippen MR) is 135 cm³/mol. The number of benzene rings is 2. The van der Waals surface area contributed by atoms with Gasteiger partial charge in [0.1, 0.15) is 17.9 Å². The van der Waals surface area contributed by atoms with Gasteiger partial charge in [-0.2, -0.15) is 0 Å². The van der Waals surface area contributed by atoms with Crippen LogP contribution in [0.25, 0.3) is 10.9 Å².